The summed E-state index contributed by atoms with van der Waals surface area (Å²) in [5, 5.41) is 10.0. The van der Waals surface area contributed by atoms with Crippen molar-refractivity contribution in [2.24, 2.45) is 10.9 Å². The number of halogens is 1. The van der Waals surface area contributed by atoms with Crippen LogP contribution in [0.25, 0.3) is 0 Å². The Morgan fingerprint density at radius 3 is 2.59 bits per heavy atom. The number of aryl methyl sites for hydroxylation is 2. The SMILES string of the molecule is CCNC(=NCc1cc(C)oc1C)NC1CCCC(C(=O)NC2CC2)C1.I. The molecule has 3 N–H and O–H groups in total. The maximum Gasteiger partial charge on any atom is 0.223 e. The van der Waals surface area contributed by atoms with Crippen LogP contribution in [0.2, 0.25) is 0 Å². The second kappa shape index (κ2) is 10.3. The monoisotopic (exact) mass is 488 g/mol. The van der Waals surface area contributed by atoms with Crippen molar-refractivity contribution in [1.29, 1.82) is 0 Å². The summed E-state index contributed by atoms with van der Waals surface area (Å²) >= 11 is 0. The first-order valence-electron chi connectivity index (χ1n) is 9.96. The van der Waals surface area contributed by atoms with Gasteiger partial charge in [0.15, 0.2) is 5.96 Å². The Kier molecular flexibility index (Phi) is 8.44. The number of rotatable bonds is 6. The predicted octanol–water partition coefficient (Wildman–Crippen LogP) is 3.41. The Labute approximate surface area is 179 Å². The van der Waals surface area contributed by atoms with E-state index in [2.05, 4.69) is 22.9 Å². The van der Waals surface area contributed by atoms with Crippen LogP contribution in [0.3, 0.4) is 0 Å². The molecule has 27 heavy (non-hydrogen) atoms. The minimum Gasteiger partial charge on any atom is -0.466 e. The smallest absolute Gasteiger partial charge is 0.223 e. The molecule has 152 valence electrons. The molecule has 0 aliphatic heterocycles. The summed E-state index contributed by atoms with van der Waals surface area (Å²) in [5.74, 6) is 3.03. The van der Waals surface area contributed by atoms with Crippen LogP contribution in [0.1, 0.15) is 62.5 Å². The van der Waals surface area contributed by atoms with E-state index in [9.17, 15) is 4.79 Å². The zero-order chi connectivity index (χ0) is 18.5. The Balaban J connectivity index is 0.00000261. The molecule has 6 nitrogen and oxygen atoms in total. The Hall–Kier alpha value is -1.25. The van der Waals surface area contributed by atoms with E-state index in [1.165, 1.54) is 0 Å². The Morgan fingerprint density at radius 2 is 1.96 bits per heavy atom. The summed E-state index contributed by atoms with van der Waals surface area (Å²) in [6.45, 7) is 7.41. The number of carbonyl (C=O) groups is 1. The number of furan rings is 1. The third-order valence-corrected chi connectivity index (χ3v) is 5.21. The van der Waals surface area contributed by atoms with Gasteiger partial charge in [-0.05, 0) is 58.9 Å². The summed E-state index contributed by atoms with van der Waals surface area (Å²) in [5.41, 5.74) is 1.12. The Morgan fingerprint density at radius 1 is 1.19 bits per heavy atom. The fraction of sp³-hybridized carbons (Fsp3) is 0.700. The van der Waals surface area contributed by atoms with Crippen LogP contribution in [0.4, 0.5) is 0 Å². The first-order valence-corrected chi connectivity index (χ1v) is 9.96. The first kappa shape index (κ1) is 22.0. The summed E-state index contributed by atoms with van der Waals surface area (Å²) in [6.07, 6.45) is 6.33. The summed E-state index contributed by atoms with van der Waals surface area (Å²) < 4.78 is 5.58. The number of hydrogen-bond donors (Lipinski definition) is 3. The van der Waals surface area contributed by atoms with E-state index in [0.717, 1.165) is 68.1 Å². The van der Waals surface area contributed by atoms with Crippen LogP contribution in [-0.4, -0.2) is 30.5 Å². The van der Waals surface area contributed by atoms with Crippen molar-refractivity contribution in [1.82, 2.24) is 16.0 Å². The standard InChI is InChI=1S/C20H32N4O2.HI/c1-4-21-20(22-12-16-10-13(2)26-14(16)3)24-18-7-5-6-15(11-18)19(25)23-17-8-9-17;/h10,15,17-18H,4-9,11-12H2,1-3H3,(H,23,25)(H2,21,22,24);1H. The third-order valence-electron chi connectivity index (χ3n) is 5.21. The van der Waals surface area contributed by atoms with Crippen molar-refractivity contribution in [2.45, 2.75) is 77.9 Å². The lowest BCUT2D eigenvalue weighted by molar-refractivity contribution is -0.126. The van der Waals surface area contributed by atoms with E-state index in [1.807, 2.05) is 19.9 Å². The van der Waals surface area contributed by atoms with Crippen LogP contribution < -0.4 is 16.0 Å². The quantitative estimate of drug-likeness (QED) is 0.326. The fourth-order valence-corrected chi connectivity index (χ4v) is 3.62. The number of nitrogens with one attached hydrogen (secondary N) is 3. The molecule has 2 atom stereocenters. The van der Waals surface area contributed by atoms with Crippen LogP contribution >= 0.6 is 24.0 Å². The third kappa shape index (κ3) is 6.69. The molecule has 0 aromatic carbocycles. The predicted molar refractivity (Wildman–Crippen MR) is 118 cm³/mol. The fourth-order valence-electron chi connectivity index (χ4n) is 3.62. The van der Waals surface area contributed by atoms with Crippen molar-refractivity contribution in [3.63, 3.8) is 0 Å². The van der Waals surface area contributed by atoms with Gasteiger partial charge in [-0.2, -0.15) is 0 Å². The van der Waals surface area contributed by atoms with Crippen LogP contribution in [0.5, 0.6) is 0 Å². The average molecular weight is 488 g/mol. The highest BCUT2D eigenvalue weighted by atomic mass is 127. The molecule has 3 rings (SSSR count). The molecule has 2 saturated carbocycles. The van der Waals surface area contributed by atoms with E-state index in [-0.39, 0.29) is 35.8 Å². The number of carbonyl (C=O) groups excluding carboxylic acids is 1. The van der Waals surface area contributed by atoms with Gasteiger partial charge in [0, 0.05) is 30.1 Å². The van der Waals surface area contributed by atoms with Crippen molar-refractivity contribution < 1.29 is 9.21 Å². The molecule has 2 fully saturated rings. The second-order valence-electron chi connectivity index (χ2n) is 7.62. The zero-order valence-electron chi connectivity index (χ0n) is 16.6. The number of aliphatic imine (C=N–C) groups is 1. The van der Waals surface area contributed by atoms with E-state index in [1.54, 1.807) is 0 Å². The molecule has 2 unspecified atom stereocenters. The van der Waals surface area contributed by atoms with Gasteiger partial charge >= 0.3 is 0 Å². The Bertz CT molecular complexity index is 654. The minimum absolute atomic E-state index is 0. The molecule has 1 aromatic heterocycles. The van der Waals surface area contributed by atoms with E-state index < -0.39 is 0 Å². The van der Waals surface area contributed by atoms with Crippen LogP contribution in [-0.2, 0) is 11.3 Å². The van der Waals surface area contributed by atoms with E-state index >= 15 is 0 Å². The summed E-state index contributed by atoms with van der Waals surface area (Å²) in [4.78, 5) is 17.1. The molecule has 0 bridgehead atoms. The molecular weight excluding hydrogens is 455 g/mol. The van der Waals surface area contributed by atoms with Crippen molar-refractivity contribution >= 4 is 35.8 Å². The highest BCUT2D eigenvalue weighted by Crippen LogP contribution is 2.26. The molecule has 2 aliphatic rings. The zero-order valence-corrected chi connectivity index (χ0v) is 19.0. The molecule has 2 aliphatic carbocycles. The number of hydrogen-bond acceptors (Lipinski definition) is 3. The molecule has 0 radical (unpaired) electrons. The van der Waals surface area contributed by atoms with E-state index in [4.69, 9.17) is 9.41 Å². The largest absolute Gasteiger partial charge is 0.466 e. The summed E-state index contributed by atoms with van der Waals surface area (Å²) in [6, 6.07) is 2.78. The maximum absolute atomic E-state index is 12.4. The normalized spacial score (nSPS) is 22.7. The van der Waals surface area contributed by atoms with Gasteiger partial charge in [0.25, 0.3) is 0 Å². The van der Waals surface area contributed by atoms with Gasteiger partial charge in [0.05, 0.1) is 6.54 Å². The summed E-state index contributed by atoms with van der Waals surface area (Å²) in [7, 11) is 0. The van der Waals surface area contributed by atoms with Gasteiger partial charge < -0.3 is 20.4 Å². The van der Waals surface area contributed by atoms with Gasteiger partial charge in [0.2, 0.25) is 5.91 Å². The second-order valence-corrected chi connectivity index (χ2v) is 7.62. The van der Waals surface area contributed by atoms with Crippen molar-refractivity contribution in [3.05, 3.63) is 23.2 Å². The topological polar surface area (TPSA) is 78.7 Å². The lowest BCUT2D eigenvalue weighted by Crippen LogP contribution is -2.47. The number of amides is 1. The van der Waals surface area contributed by atoms with Gasteiger partial charge in [-0.15, -0.1) is 24.0 Å². The maximum atomic E-state index is 12.4. The van der Waals surface area contributed by atoms with Crippen LogP contribution in [0, 0.1) is 19.8 Å². The van der Waals surface area contributed by atoms with Crippen molar-refractivity contribution in [3.8, 4) is 0 Å². The lowest BCUT2D eigenvalue weighted by Gasteiger charge is -2.30. The molecule has 7 heteroatoms. The molecule has 1 heterocycles. The van der Waals surface area contributed by atoms with E-state index in [0.29, 0.717) is 18.6 Å². The van der Waals surface area contributed by atoms with Crippen LogP contribution in [0.15, 0.2) is 15.5 Å². The highest BCUT2D eigenvalue weighted by Gasteiger charge is 2.31. The number of nitrogens with zero attached hydrogens (tertiary/aromatic N) is 1. The molecular formula is C20H33IN4O2. The van der Waals surface area contributed by atoms with Gasteiger partial charge in [-0.1, -0.05) is 6.42 Å². The molecule has 1 aromatic rings. The first-order chi connectivity index (χ1) is 12.5. The highest BCUT2D eigenvalue weighted by molar-refractivity contribution is 14.0. The molecule has 1 amide bonds. The van der Waals surface area contributed by atoms with Crippen molar-refractivity contribution in [2.75, 3.05) is 6.54 Å². The number of guanidine groups is 1. The molecule has 0 saturated heterocycles. The molecule has 0 spiro atoms. The lowest BCUT2D eigenvalue weighted by atomic mass is 9.85. The minimum atomic E-state index is 0. The van der Waals surface area contributed by atoms with Gasteiger partial charge in [-0.25, -0.2) is 4.99 Å². The van der Waals surface area contributed by atoms with Gasteiger partial charge in [-0.3, -0.25) is 4.79 Å². The van der Waals surface area contributed by atoms with Gasteiger partial charge in [0.1, 0.15) is 11.5 Å². The average Bonchev–Trinajstić information content (AvgIpc) is 3.36.